The van der Waals surface area contributed by atoms with E-state index in [1.54, 1.807) is 0 Å². The summed E-state index contributed by atoms with van der Waals surface area (Å²) in [6.45, 7) is 1.23. The second-order valence-corrected chi connectivity index (χ2v) is 10.6. The van der Waals surface area contributed by atoms with E-state index in [0.717, 1.165) is 24.3 Å². The molecule has 0 bridgehead atoms. The first-order chi connectivity index (χ1) is 13.8. The zero-order valence-electron chi connectivity index (χ0n) is 14.8. The van der Waals surface area contributed by atoms with Crippen LogP contribution >= 0.6 is 44.2 Å². The van der Waals surface area contributed by atoms with Crippen molar-refractivity contribution < 1.29 is 47.3 Å². The first-order valence-corrected chi connectivity index (χ1v) is 13.3. The van der Waals surface area contributed by atoms with Crippen molar-refractivity contribution in [2.45, 2.75) is 19.3 Å². The van der Waals surface area contributed by atoms with Crippen LogP contribution in [0.2, 0.25) is 0 Å². The summed E-state index contributed by atoms with van der Waals surface area (Å²) in [5, 5.41) is 0.0221. The molecule has 0 atom stereocenters. The summed E-state index contributed by atoms with van der Waals surface area (Å²) < 4.78 is 73.0. The molecule has 0 saturated carbocycles. The standard InChI is InChI=1S/C9H6BrF3O.C9H7F3O.2BrH.Cu/c10-5-8(14)6-2-1-3-7(4-6)9(11,12)13;1-6(13)7-3-2-4-8(5-7)9(10,11)12;;;/h1-4H,5H2;2-5H,1H3;2*1H;/q;;;;+2/p-2. The summed E-state index contributed by atoms with van der Waals surface area (Å²) >= 11 is 10.3. The number of carbonyl (C=O) groups is 2. The van der Waals surface area contributed by atoms with E-state index in [0.29, 0.717) is 0 Å². The molecule has 0 spiro atoms. The van der Waals surface area contributed by atoms with Crippen LogP contribution in [0, 0.1) is 0 Å². The Balaban J connectivity index is 0.000000497. The number of ketones is 2. The molecule has 2 rings (SSSR count). The Hall–Kier alpha value is -0.681. The topological polar surface area (TPSA) is 34.1 Å². The van der Waals surface area contributed by atoms with Crippen molar-refractivity contribution in [3.05, 3.63) is 70.8 Å². The van der Waals surface area contributed by atoms with Gasteiger partial charge in [0.05, 0.1) is 16.5 Å². The number of hydrogen-bond donors (Lipinski definition) is 0. The van der Waals surface area contributed by atoms with Crippen molar-refractivity contribution in [2.24, 2.45) is 0 Å². The predicted octanol–water partition coefficient (Wildman–Crippen LogP) is 7.88. The number of carbonyl (C=O) groups excluding carboxylic acids is 2. The van der Waals surface area contributed by atoms with Gasteiger partial charge in [-0.05, 0) is 31.2 Å². The van der Waals surface area contributed by atoms with Crippen LogP contribution in [0.4, 0.5) is 26.3 Å². The number of hydrogen-bond acceptors (Lipinski definition) is 2. The zero-order chi connectivity index (χ0) is 23.5. The third-order valence-electron chi connectivity index (χ3n) is 3.23. The van der Waals surface area contributed by atoms with Crippen molar-refractivity contribution in [2.75, 3.05) is 5.33 Å². The monoisotopic (exact) mass is 675 g/mol. The van der Waals surface area contributed by atoms with E-state index in [1.165, 1.54) is 42.5 Å². The summed E-state index contributed by atoms with van der Waals surface area (Å²) in [5.41, 5.74) is -1.45. The molecule has 0 heterocycles. The number of benzene rings is 2. The number of halogens is 9. The van der Waals surface area contributed by atoms with E-state index in [-0.39, 0.29) is 28.0 Å². The molecule has 0 unspecified atom stereocenters. The Morgan fingerprint density at radius 1 is 0.833 bits per heavy atom. The van der Waals surface area contributed by atoms with Crippen molar-refractivity contribution in [1.29, 1.82) is 0 Å². The Labute approximate surface area is 197 Å². The molecule has 0 N–H and O–H groups in total. The number of Topliss-reactive ketones (excluding diaryl/α,β-unsaturated/α-hetero) is 2. The van der Waals surface area contributed by atoms with Crippen LogP contribution in [0.25, 0.3) is 0 Å². The SMILES string of the molecule is CC(=O)c1cccc(C(F)(F)F)c1.O=C(CBr)c1cccc(C(F)(F)F)c1.[Br][Cu][Br]. The van der Waals surface area contributed by atoms with E-state index in [2.05, 4.69) is 44.2 Å². The first-order valence-electron chi connectivity index (χ1n) is 7.53. The molecule has 2 nitrogen and oxygen atoms in total. The van der Waals surface area contributed by atoms with Crippen molar-refractivity contribution in [3.63, 3.8) is 0 Å². The fourth-order valence-corrected chi connectivity index (χ4v) is 2.18. The van der Waals surface area contributed by atoms with Gasteiger partial charge in [-0.3, -0.25) is 9.59 Å². The van der Waals surface area contributed by atoms with E-state index < -0.39 is 23.5 Å². The molecule has 0 aliphatic heterocycles. The maximum atomic E-state index is 12.2. The molecule has 0 aliphatic rings. The van der Waals surface area contributed by atoms with Gasteiger partial charge in [0, 0.05) is 11.1 Å². The molecule has 0 saturated heterocycles. The average molecular weight is 679 g/mol. The van der Waals surface area contributed by atoms with Gasteiger partial charge in [-0.15, -0.1) is 0 Å². The molecular weight excluding hydrogens is 665 g/mol. The van der Waals surface area contributed by atoms with E-state index >= 15 is 0 Å². The Bertz CT molecular complexity index is 841. The van der Waals surface area contributed by atoms with Crippen LogP contribution in [-0.2, 0) is 23.7 Å². The van der Waals surface area contributed by atoms with Crippen LogP contribution in [0.1, 0.15) is 38.8 Å². The third-order valence-corrected chi connectivity index (χ3v) is 3.74. The van der Waals surface area contributed by atoms with Crippen molar-refractivity contribution in [3.8, 4) is 0 Å². The van der Waals surface area contributed by atoms with Crippen LogP contribution in [-0.4, -0.2) is 16.9 Å². The van der Waals surface area contributed by atoms with Crippen molar-refractivity contribution >= 4 is 55.7 Å². The van der Waals surface area contributed by atoms with Crippen LogP contribution < -0.4 is 0 Å². The van der Waals surface area contributed by atoms with Gasteiger partial charge < -0.3 is 0 Å². The summed E-state index contributed by atoms with van der Waals surface area (Å²) in [7, 11) is 0. The summed E-state index contributed by atoms with van der Waals surface area (Å²) in [6, 6.07) is 8.73. The van der Waals surface area contributed by atoms with Gasteiger partial charge in [0.1, 0.15) is 0 Å². The molecule has 30 heavy (non-hydrogen) atoms. The van der Waals surface area contributed by atoms with Gasteiger partial charge in [-0.1, -0.05) is 40.2 Å². The molecule has 0 fully saturated rings. The van der Waals surface area contributed by atoms with Gasteiger partial charge in [-0.25, -0.2) is 0 Å². The maximum absolute atomic E-state index is 12.2. The van der Waals surface area contributed by atoms with Gasteiger partial charge in [0.15, 0.2) is 11.6 Å². The fourth-order valence-electron chi connectivity index (χ4n) is 1.86. The number of alkyl halides is 7. The van der Waals surface area contributed by atoms with E-state index in [1.807, 2.05) is 0 Å². The van der Waals surface area contributed by atoms with Crippen molar-refractivity contribution in [1.82, 2.24) is 0 Å². The second kappa shape index (κ2) is 13.7. The second-order valence-electron chi connectivity index (χ2n) is 5.31. The summed E-state index contributed by atoms with van der Waals surface area (Å²) in [4.78, 5) is 21.8. The Morgan fingerprint density at radius 3 is 1.53 bits per heavy atom. The minimum absolute atomic E-state index is 0.0221. The molecule has 171 valence electrons. The molecular formula is C18H13Br3CuF6O2. The van der Waals surface area contributed by atoms with Gasteiger partial charge in [0.25, 0.3) is 0 Å². The number of rotatable bonds is 3. The van der Waals surface area contributed by atoms with Gasteiger partial charge in [0.2, 0.25) is 0 Å². The summed E-state index contributed by atoms with van der Waals surface area (Å²) in [6.07, 6.45) is -8.78. The fraction of sp³-hybridized carbons (Fsp3) is 0.222. The third kappa shape index (κ3) is 11.1. The van der Waals surface area contributed by atoms with E-state index in [4.69, 9.17) is 0 Å². The zero-order valence-corrected chi connectivity index (χ0v) is 20.5. The molecule has 0 radical (unpaired) electrons. The summed E-state index contributed by atoms with van der Waals surface area (Å²) in [5.74, 6) is -0.734. The average Bonchev–Trinajstić information content (AvgIpc) is 2.67. The van der Waals surface area contributed by atoms with Gasteiger partial charge in [-0.2, -0.15) is 26.3 Å². The molecule has 12 heteroatoms. The molecule has 0 aromatic heterocycles. The van der Waals surface area contributed by atoms with Gasteiger partial charge >= 0.3 is 51.9 Å². The van der Waals surface area contributed by atoms with Crippen LogP contribution in [0.15, 0.2) is 48.5 Å². The normalized spacial score (nSPS) is 11.0. The van der Waals surface area contributed by atoms with Crippen LogP contribution in [0.5, 0.6) is 0 Å². The quantitative estimate of drug-likeness (QED) is 0.143. The first kappa shape index (κ1) is 29.3. The van der Waals surface area contributed by atoms with E-state index in [9.17, 15) is 35.9 Å². The predicted molar refractivity (Wildman–Crippen MR) is 109 cm³/mol. The molecule has 2 aromatic carbocycles. The molecule has 0 aliphatic carbocycles. The molecule has 0 amide bonds. The minimum atomic E-state index is -4.40. The Kier molecular flexibility index (Phi) is 13.4. The van der Waals surface area contributed by atoms with Crippen LogP contribution in [0.3, 0.4) is 0 Å². The molecule has 2 aromatic rings. The Morgan fingerprint density at radius 2 is 1.20 bits per heavy atom.